The van der Waals surface area contributed by atoms with Gasteiger partial charge in [-0.25, -0.2) is 0 Å². The molecule has 0 saturated heterocycles. The lowest BCUT2D eigenvalue weighted by atomic mass is 9.97. The summed E-state index contributed by atoms with van der Waals surface area (Å²) in [7, 11) is 0. The van der Waals surface area contributed by atoms with E-state index in [4.69, 9.17) is 4.74 Å². The summed E-state index contributed by atoms with van der Waals surface area (Å²) < 4.78 is 5.62. The molecule has 110 valence electrons. The van der Waals surface area contributed by atoms with Gasteiger partial charge in [0.25, 0.3) is 0 Å². The van der Waals surface area contributed by atoms with Gasteiger partial charge in [0.2, 0.25) is 0 Å². The molecule has 0 saturated carbocycles. The van der Waals surface area contributed by atoms with E-state index in [0.717, 1.165) is 24.2 Å². The Kier molecular flexibility index (Phi) is 4.29. The van der Waals surface area contributed by atoms with E-state index in [1.807, 2.05) is 24.3 Å². The van der Waals surface area contributed by atoms with Crippen LogP contribution >= 0.6 is 0 Å². The van der Waals surface area contributed by atoms with E-state index in [1.165, 1.54) is 25.7 Å². The first-order valence-corrected chi connectivity index (χ1v) is 7.61. The molecule has 0 fully saturated rings. The van der Waals surface area contributed by atoms with Gasteiger partial charge in [0.15, 0.2) is 0 Å². The number of aliphatic hydroxyl groups is 1. The molecule has 2 N–H and O–H groups in total. The van der Waals surface area contributed by atoms with Gasteiger partial charge in [-0.2, -0.15) is 0 Å². The van der Waals surface area contributed by atoms with E-state index in [0.29, 0.717) is 5.75 Å². The highest BCUT2D eigenvalue weighted by Gasteiger charge is 2.11. The first-order valence-electron chi connectivity index (χ1n) is 7.61. The van der Waals surface area contributed by atoms with Crippen LogP contribution in [0.25, 0.3) is 5.76 Å². The molecule has 1 aliphatic carbocycles. The van der Waals surface area contributed by atoms with Crippen molar-refractivity contribution >= 4 is 5.76 Å². The van der Waals surface area contributed by atoms with Crippen LogP contribution in [-0.4, -0.2) is 11.7 Å². The Morgan fingerprint density at radius 2 is 2.10 bits per heavy atom. The number of rotatable bonds is 4. The lowest BCUT2D eigenvalue weighted by Crippen LogP contribution is -2.15. The van der Waals surface area contributed by atoms with Gasteiger partial charge >= 0.3 is 0 Å². The summed E-state index contributed by atoms with van der Waals surface area (Å²) >= 11 is 0. The van der Waals surface area contributed by atoms with Gasteiger partial charge in [0.1, 0.15) is 17.8 Å². The van der Waals surface area contributed by atoms with Crippen molar-refractivity contribution in [3.05, 3.63) is 59.5 Å². The summed E-state index contributed by atoms with van der Waals surface area (Å²) in [5.41, 5.74) is 3.07. The third-order valence-electron chi connectivity index (χ3n) is 3.93. The minimum absolute atomic E-state index is 0.235. The van der Waals surface area contributed by atoms with Crippen molar-refractivity contribution in [2.45, 2.75) is 32.1 Å². The van der Waals surface area contributed by atoms with Crippen LogP contribution in [-0.2, 0) is 0 Å². The Morgan fingerprint density at radius 3 is 2.95 bits per heavy atom. The Hall–Kier alpha value is -2.16. The lowest BCUT2D eigenvalue weighted by molar-refractivity contribution is 0.466. The van der Waals surface area contributed by atoms with Crippen molar-refractivity contribution in [3.8, 4) is 5.75 Å². The molecule has 0 unspecified atom stereocenters. The zero-order chi connectivity index (χ0) is 14.5. The first kappa shape index (κ1) is 13.8. The molecule has 0 radical (unpaired) electrons. The molecule has 21 heavy (non-hydrogen) atoms. The fourth-order valence-corrected chi connectivity index (χ4v) is 2.76. The molecule has 0 atom stereocenters. The predicted molar refractivity (Wildman–Crippen MR) is 84.9 cm³/mol. The van der Waals surface area contributed by atoms with E-state index in [2.05, 4.69) is 11.4 Å². The van der Waals surface area contributed by atoms with E-state index < -0.39 is 0 Å². The molecular formula is C18H21NO2. The summed E-state index contributed by atoms with van der Waals surface area (Å²) in [6, 6.07) is 7.49. The number of hydrogen-bond acceptors (Lipinski definition) is 3. The van der Waals surface area contributed by atoms with Gasteiger partial charge in [-0.3, -0.25) is 0 Å². The number of aliphatic hydroxyl groups excluding tert-OH is 1. The smallest absolute Gasteiger partial charge is 0.137 e. The standard InChI is InChI=1S/C18H21NO2/c20-17-12-15(13-21-18-9-5-4-8-16(17)18)19-11-10-14-6-2-1-3-7-14/h4-6,8-9,12-13,19-20H,1-3,7,10-11H2. The van der Waals surface area contributed by atoms with Crippen molar-refractivity contribution < 1.29 is 9.84 Å². The molecule has 1 aromatic carbocycles. The Morgan fingerprint density at radius 1 is 1.19 bits per heavy atom. The largest absolute Gasteiger partial charge is 0.507 e. The number of para-hydroxylation sites is 1. The number of hydrogen-bond donors (Lipinski definition) is 2. The third-order valence-corrected chi connectivity index (χ3v) is 3.93. The first-order chi connectivity index (χ1) is 10.3. The van der Waals surface area contributed by atoms with Crippen LogP contribution in [0.3, 0.4) is 0 Å². The third kappa shape index (κ3) is 3.48. The van der Waals surface area contributed by atoms with Crippen LogP contribution in [0.4, 0.5) is 0 Å². The average molecular weight is 283 g/mol. The number of allylic oxidation sites excluding steroid dienone is 2. The molecule has 3 heteroatoms. The van der Waals surface area contributed by atoms with Crippen molar-refractivity contribution in [2.24, 2.45) is 0 Å². The molecule has 3 rings (SSSR count). The van der Waals surface area contributed by atoms with E-state index in [-0.39, 0.29) is 5.76 Å². The van der Waals surface area contributed by atoms with Crippen molar-refractivity contribution in [1.82, 2.24) is 5.32 Å². The fraction of sp³-hybridized carbons (Fsp3) is 0.333. The molecule has 0 spiro atoms. The molecule has 2 aliphatic rings. The summed E-state index contributed by atoms with van der Waals surface area (Å²) in [6.07, 6.45) is 11.9. The summed E-state index contributed by atoms with van der Waals surface area (Å²) in [6.45, 7) is 0.862. The van der Waals surface area contributed by atoms with Crippen LogP contribution in [0.15, 0.2) is 53.9 Å². The fourth-order valence-electron chi connectivity index (χ4n) is 2.76. The van der Waals surface area contributed by atoms with Gasteiger partial charge in [-0.1, -0.05) is 23.8 Å². The number of nitrogens with one attached hydrogen (secondary N) is 1. The molecule has 0 amide bonds. The normalized spacial score (nSPS) is 17.6. The Labute approximate surface area is 125 Å². The number of ether oxygens (including phenoxy) is 1. The van der Waals surface area contributed by atoms with Gasteiger partial charge in [0.05, 0.1) is 11.3 Å². The highest BCUT2D eigenvalue weighted by atomic mass is 16.5. The van der Waals surface area contributed by atoms with Gasteiger partial charge in [-0.05, 0) is 44.2 Å². The van der Waals surface area contributed by atoms with Gasteiger partial charge < -0.3 is 15.2 Å². The second kappa shape index (κ2) is 6.53. The maximum atomic E-state index is 10.1. The minimum Gasteiger partial charge on any atom is -0.507 e. The molecule has 1 aliphatic heterocycles. The minimum atomic E-state index is 0.235. The predicted octanol–water partition coefficient (Wildman–Crippen LogP) is 4.30. The molecule has 0 bridgehead atoms. The SMILES string of the molecule is OC1=CC(NCCC2=CCCCC2)=COc2ccccc21. The molecule has 1 aromatic rings. The Balaban J connectivity index is 1.61. The molecule has 3 nitrogen and oxygen atoms in total. The zero-order valence-corrected chi connectivity index (χ0v) is 12.1. The van der Waals surface area contributed by atoms with E-state index >= 15 is 0 Å². The van der Waals surface area contributed by atoms with Crippen LogP contribution in [0.5, 0.6) is 5.75 Å². The lowest BCUT2D eigenvalue weighted by Gasteiger charge is -2.13. The summed E-state index contributed by atoms with van der Waals surface area (Å²) in [4.78, 5) is 0. The summed E-state index contributed by atoms with van der Waals surface area (Å²) in [5.74, 6) is 0.914. The number of benzene rings is 1. The second-order valence-corrected chi connectivity index (χ2v) is 5.50. The van der Waals surface area contributed by atoms with Crippen molar-refractivity contribution in [3.63, 3.8) is 0 Å². The van der Waals surface area contributed by atoms with Crippen molar-refractivity contribution in [1.29, 1.82) is 0 Å². The van der Waals surface area contributed by atoms with Crippen LogP contribution in [0.2, 0.25) is 0 Å². The van der Waals surface area contributed by atoms with Crippen LogP contribution < -0.4 is 10.1 Å². The highest BCUT2D eigenvalue weighted by molar-refractivity contribution is 5.67. The average Bonchev–Trinajstić information content (AvgIpc) is 2.68. The van der Waals surface area contributed by atoms with Crippen LogP contribution in [0, 0.1) is 0 Å². The second-order valence-electron chi connectivity index (χ2n) is 5.50. The van der Waals surface area contributed by atoms with Gasteiger partial charge in [0, 0.05) is 12.6 Å². The number of fused-ring (bicyclic) bond motifs is 1. The Bertz CT molecular complexity index is 599. The van der Waals surface area contributed by atoms with E-state index in [1.54, 1.807) is 17.9 Å². The summed E-state index contributed by atoms with van der Waals surface area (Å²) in [5, 5.41) is 13.5. The van der Waals surface area contributed by atoms with E-state index in [9.17, 15) is 5.11 Å². The zero-order valence-electron chi connectivity index (χ0n) is 12.1. The van der Waals surface area contributed by atoms with Crippen molar-refractivity contribution in [2.75, 3.05) is 6.54 Å². The topological polar surface area (TPSA) is 41.5 Å². The monoisotopic (exact) mass is 283 g/mol. The molecule has 0 aromatic heterocycles. The quantitative estimate of drug-likeness (QED) is 0.809. The maximum Gasteiger partial charge on any atom is 0.137 e. The maximum absolute atomic E-state index is 10.1. The molecule has 1 heterocycles. The highest BCUT2D eigenvalue weighted by Crippen LogP contribution is 2.27. The van der Waals surface area contributed by atoms with Gasteiger partial charge in [-0.15, -0.1) is 0 Å². The van der Waals surface area contributed by atoms with Crippen LogP contribution in [0.1, 0.15) is 37.7 Å². The molecular weight excluding hydrogens is 262 g/mol.